The van der Waals surface area contributed by atoms with E-state index in [0.717, 1.165) is 21.7 Å². The van der Waals surface area contributed by atoms with E-state index in [1.54, 1.807) is 0 Å². The summed E-state index contributed by atoms with van der Waals surface area (Å²) < 4.78 is 6.27. The number of hydrogen-bond acceptors (Lipinski definition) is 4. The van der Waals surface area contributed by atoms with Crippen LogP contribution in [0, 0.1) is 6.92 Å². The fourth-order valence-corrected chi connectivity index (χ4v) is 1.67. The normalized spacial score (nSPS) is 11.0. The van der Waals surface area contributed by atoms with Crippen LogP contribution < -0.4 is 0 Å². The molecule has 0 amide bonds. The van der Waals surface area contributed by atoms with Crippen LogP contribution in [0.1, 0.15) is 11.5 Å². The molecule has 92 valence electrons. The predicted molar refractivity (Wildman–Crippen MR) is 68.8 cm³/mol. The van der Waals surface area contributed by atoms with Crippen LogP contribution in [-0.4, -0.2) is 21.3 Å². The van der Waals surface area contributed by atoms with Crippen molar-refractivity contribution in [2.24, 2.45) is 0 Å². The largest absolute Gasteiger partial charge is 0.478 e. The van der Waals surface area contributed by atoms with Gasteiger partial charge in [-0.05, 0) is 24.6 Å². The fourth-order valence-electron chi connectivity index (χ4n) is 1.29. The molecule has 18 heavy (non-hydrogen) atoms. The number of halogens is 1. The molecular formula is C12H9BrN2O3. The summed E-state index contributed by atoms with van der Waals surface area (Å²) in [5.41, 5.74) is 1.87. The summed E-state index contributed by atoms with van der Waals surface area (Å²) >= 11 is 3.42. The molecule has 5 nitrogen and oxygen atoms in total. The van der Waals surface area contributed by atoms with E-state index in [4.69, 9.17) is 9.52 Å². The second kappa shape index (κ2) is 5.14. The quantitative estimate of drug-likeness (QED) is 0.882. The van der Waals surface area contributed by atoms with Crippen LogP contribution in [0.2, 0.25) is 0 Å². The lowest BCUT2D eigenvalue weighted by atomic mass is 10.1. The number of carboxylic acid groups (broad SMARTS) is 1. The second-order valence-electron chi connectivity index (χ2n) is 3.58. The number of aliphatic carboxylic acids is 1. The van der Waals surface area contributed by atoms with Gasteiger partial charge in [0, 0.05) is 22.2 Å². The molecule has 0 unspecified atom stereocenters. The first-order valence-corrected chi connectivity index (χ1v) is 5.86. The lowest BCUT2D eigenvalue weighted by Gasteiger charge is -1.99. The Hall–Kier alpha value is -1.95. The Labute approximate surface area is 111 Å². The van der Waals surface area contributed by atoms with Gasteiger partial charge in [-0.1, -0.05) is 22.0 Å². The van der Waals surface area contributed by atoms with Gasteiger partial charge < -0.3 is 9.52 Å². The van der Waals surface area contributed by atoms with E-state index in [9.17, 15) is 4.79 Å². The van der Waals surface area contributed by atoms with E-state index in [0.29, 0.717) is 5.89 Å². The van der Waals surface area contributed by atoms with Gasteiger partial charge >= 0.3 is 5.97 Å². The van der Waals surface area contributed by atoms with E-state index < -0.39 is 5.97 Å². The van der Waals surface area contributed by atoms with Gasteiger partial charge in [0.25, 0.3) is 0 Å². The summed E-state index contributed by atoms with van der Waals surface area (Å²) in [5.74, 6) is -0.558. The molecule has 0 aliphatic heterocycles. The molecule has 0 fully saturated rings. The van der Waals surface area contributed by atoms with Gasteiger partial charge in [-0.3, -0.25) is 0 Å². The molecule has 0 aliphatic rings. The van der Waals surface area contributed by atoms with Crippen molar-refractivity contribution in [1.29, 1.82) is 0 Å². The smallest absolute Gasteiger partial charge is 0.328 e. The topological polar surface area (TPSA) is 76.2 Å². The summed E-state index contributed by atoms with van der Waals surface area (Å²) in [5, 5.41) is 16.1. The van der Waals surface area contributed by atoms with Crippen LogP contribution in [0.4, 0.5) is 0 Å². The Morgan fingerprint density at radius 3 is 2.89 bits per heavy atom. The maximum atomic E-state index is 10.3. The first kappa shape index (κ1) is 12.5. The summed E-state index contributed by atoms with van der Waals surface area (Å²) in [6.07, 6.45) is 2.20. The molecule has 0 bridgehead atoms. The molecule has 2 aromatic rings. The van der Waals surface area contributed by atoms with Crippen molar-refractivity contribution in [3.05, 3.63) is 40.2 Å². The van der Waals surface area contributed by atoms with E-state index in [-0.39, 0.29) is 5.89 Å². The van der Waals surface area contributed by atoms with E-state index in [1.807, 2.05) is 25.1 Å². The van der Waals surface area contributed by atoms with E-state index >= 15 is 0 Å². The van der Waals surface area contributed by atoms with Crippen molar-refractivity contribution in [1.82, 2.24) is 10.2 Å². The number of carbonyl (C=O) groups is 1. The standard InChI is InChI=1S/C12H9BrN2O3/c1-7-2-3-8(6-9(7)13)12-15-14-10(18-12)4-5-11(16)17/h2-6H,1H3,(H,16,17)/b5-4+. The highest BCUT2D eigenvalue weighted by atomic mass is 79.9. The van der Waals surface area contributed by atoms with Crippen LogP contribution in [0.15, 0.2) is 33.2 Å². The predicted octanol–water partition coefficient (Wildman–Crippen LogP) is 2.91. The average molecular weight is 309 g/mol. The molecule has 1 aromatic heterocycles. The summed E-state index contributed by atoms with van der Waals surface area (Å²) in [6.45, 7) is 1.97. The van der Waals surface area contributed by atoms with Crippen LogP contribution in [0.25, 0.3) is 17.5 Å². The molecule has 2 rings (SSSR count). The highest BCUT2D eigenvalue weighted by molar-refractivity contribution is 9.10. The second-order valence-corrected chi connectivity index (χ2v) is 4.44. The fraction of sp³-hybridized carbons (Fsp3) is 0.0833. The maximum Gasteiger partial charge on any atom is 0.328 e. The third-order valence-electron chi connectivity index (χ3n) is 2.23. The Bertz CT molecular complexity index is 620. The van der Waals surface area contributed by atoms with Gasteiger partial charge in [-0.15, -0.1) is 10.2 Å². The highest BCUT2D eigenvalue weighted by Crippen LogP contribution is 2.24. The van der Waals surface area contributed by atoms with Crippen LogP contribution in [0.5, 0.6) is 0 Å². The molecule has 0 atom stereocenters. The zero-order chi connectivity index (χ0) is 13.1. The lowest BCUT2D eigenvalue weighted by molar-refractivity contribution is -0.131. The molecular weight excluding hydrogens is 300 g/mol. The molecule has 1 aromatic carbocycles. The Kier molecular flexibility index (Phi) is 3.57. The number of nitrogens with zero attached hydrogens (tertiary/aromatic N) is 2. The highest BCUT2D eigenvalue weighted by Gasteiger charge is 2.08. The van der Waals surface area contributed by atoms with Crippen LogP contribution in [0.3, 0.4) is 0 Å². The minimum atomic E-state index is -1.06. The van der Waals surface area contributed by atoms with Gasteiger partial charge in [0.05, 0.1) is 0 Å². The molecule has 0 saturated heterocycles. The maximum absolute atomic E-state index is 10.3. The number of aromatic nitrogens is 2. The van der Waals surface area contributed by atoms with Gasteiger partial charge in [0.15, 0.2) is 0 Å². The van der Waals surface area contributed by atoms with Gasteiger partial charge in [0.1, 0.15) is 0 Å². The van der Waals surface area contributed by atoms with Crippen molar-refractivity contribution in [2.75, 3.05) is 0 Å². The van der Waals surface area contributed by atoms with E-state index in [2.05, 4.69) is 26.1 Å². The summed E-state index contributed by atoms with van der Waals surface area (Å²) in [4.78, 5) is 10.3. The zero-order valence-electron chi connectivity index (χ0n) is 9.42. The Morgan fingerprint density at radius 2 is 2.22 bits per heavy atom. The zero-order valence-corrected chi connectivity index (χ0v) is 11.0. The van der Waals surface area contributed by atoms with Gasteiger partial charge in [-0.2, -0.15) is 0 Å². The van der Waals surface area contributed by atoms with Crippen LogP contribution in [-0.2, 0) is 4.79 Å². The van der Waals surface area contributed by atoms with Gasteiger partial charge in [-0.25, -0.2) is 4.79 Å². The first-order chi connectivity index (χ1) is 8.56. The van der Waals surface area contributed by atoms with Crippen molar-refractivity contribution >= 4 is 28.0 Å². The minimum Gasteiger partial charge on any atom is -0.478 e. The number of carboxylic acids is 1. The number of aryl methyl sites for hydroxylation is 1. The monoisotopic (exact) mass is 308 g/mol. The summed E-state index contributed by atoms with van der Waals surface area (Å²) in [6, 6.07) is 5.65. The van der Waals surface area contributed by atoms with Gasteiger partial charge in [0.2, 0.25) is 11.8 Å². The third kappa shape index (κ3) is 2.84. The molecule has 6 heteroatoms. The first-order valence-electron chi connectivity index (χ1n) is 5.07. The lowest BCUT2D eigenvalue weighted by Crippen LogP contribution is -1.85. The molecule has 1 N–H and O–H groups in total. The average Bonchev–Trinajstić information content (AvgIpc) is 2.79. The SMILES string of the molecule is Cc1ccc(-c2nnc(/C=C/C(=O)O)o2)cc1Br. The number of rotatable bonds is 3. The third-order valence-corrected chi connectivity index (χ3v) is 3.08. The molecule has 0 spiro atoms. The van der Waals surface area contributed by atoms with Crippen molar-refractivity contribution in [3.63, 3.8) is 0 Å². The molecule has 0 aliphatic carbocycles. The molecule has 0 radical (unpaired) electrons. The number of benzene rings is 1. The number of hydrogen-bond donors (Lipinski definition) is 1. The summed E-state index contributed by atoms with van der Waals surface area (Å²) in [7, 11) is 0. The molecule has 1 heterocycles. The Balaban J connectivity index is 2.29. The van der Waals surface area contributed by atoms with Crippen LogP contribution >= 0.6 is 15.9 Å². The van der Waals surface area contributed by atoms with Crippen molar-refractivity contribution < 1.29 is 14.3 Å². The molecule has 0 saturated carbocycles. The van der Waals surface area contributed by atoms with Crippen molar-refractivity contribution in [2.45, 2.75) is 6.92 Å². The van der Waals surface area contributed by atoms with E-state index in [1.165, 1.54) is 6.08 Å². The van der Waals surface area contributed by atoms with Crippen molar-refractivity contribution in [3.8, 4) is 11.5 Å². The minimum absolute atomic E-state index is 0.157. The Morgan fingerprint density at radius 1 is 1.44 bits per heavy atom.